The van der Waals surface area contributed by atoms with Gasteiger partial charge in [0.2, 0.25) is 0 Å². The molecule has 1 heterocycles. The standard InChI is InChI=1S/C29H21Br2N3O4S/c1-18-7-5-10-20(13-18)29(37)38-26-21(14-22(30)15-24(26)31)17-32-34-28(36)25(16-23-11-6-12-39-23)33-27(35)19-8-3-2-4-9-19/h2-17H,1H3,(H,33,35)(H,34,36). The summed E-state index contributed by atoms with van der Waals surface area (Å²) in [5.41, 5.74) is 4.62. The van der Waals surface area contributed by atoms with Crippen LogP contribution in [0.15, 0.2) is 104 Å². The molecule has 0 aliphatic heterocycles. The van der Waals surface area contributed by atoms with Crippen LogP contribution >= 0.6 is 43.2 Å². The summed E-state index contributed by atoms with van der Waals surface area (Å²) in [6.45, 7) is 1.89. The van der Waals surface area contributed by atoms with Gasteiger partial charge in [0.05, 0.1) is 16.3 Å². The van der Waals surface area contributed by atoms with Gasteiger partial charge in [-0.2, -0.15) is 5.10 Å². The van der Waals surface area contributed by atoms with E-state index in [1.54, 1.807) is 66.7 Å². The smallest absolute Gasteiger partial charge is 0.343 e. The Kier molecular flexibility index (Phi) is 9.59. The summed E-state index contributed by atoms with van der Waals surface area (Å²) >= 11 is 8.27. The number of amides is 2. The zero-order valence-electron chi connectivity index (χ0n) is 20.5. The van der Waals surface area contributed by atoms with Crippen LogP contribution in [0, 0.1) is 6.92 Å². The molecule has 0 unspecified atom stereocenters. The Hall–Kier alpha value is -3.86. The van der Waals surface area contributed by atoms with E-state index >= 15 is 0 Å². The third kappa shape index (κ3) is 7.82. The number of aryl methyl sites for hydroxylation is 1. The van der Waals surface area contributed by atoms with Crippen LogP contribution in [-0.4, -0.2) is 24.0 Å². The van der Waals surface area contributed by atoms with Gasteiger partial charge >= 0.3 is 5.97 Å². The second-order valence-corrected chi connectivity index (χ2v) is 10.9. The summed E-state index contributed by atoms with van der Waals surface area (Å²) in [6.07, 6.45) is 2.93. The van der Waals surface area contributed by atoms with Gasteiger partial charge in [-0.15, -0.1) is 11.3 Å². The van der Waals surface area contributed by atoms with Gasteiger partial charge in [-0.05, 0) is 76.8 Å². The Morgan fingerprint density at radius 1 is 0.923 bits per heavy atom. The molecule has 10 heteroatoms. The minimum absolute atomic E-state index is 0.0185. The highest BCUT2D eigenvalue weighted by atomic mass is 79.9. The van der Waals surface area contributed by atoms with Gasteiger partial charge in [-0.25, -0.2) is 10.2 Å². The van der Waals surface area contributed by atoms with Crippen molar-refractivity contribution < 1.29 is 19.1 Å². The molecule has 4 aromatic rings. The molecule has 2 amide bonds. The molecular formula is C29H21Br2N3O4S. The molecule has 0 aliphatic carbocycles. The Balaban J connectivity index is 1.54. The van der Waals surface area contributed by atoms with Gasteiger partial charge in [0.1, 0.15) is 5.70 Å². The lowest BCUT2D eigenvalue weighted by Gasteiger charge is -2.11. The molecule has 3 aromatic carbocycles. The van der Waals surface area contributed by atoms with E-state index in [1.165, 1.54) is 17.6 Å². The first-order valence-electron chi connectivity index (χ1n) is 11.5. The largest absolute Gasteiger partial charge is 0.421 e. The lowest BCUT2D eigenvalue weighted by molar-refractivity contribution is -0.117. The predicted octanol–water partition coefficient (Wildman–Crippen LogP) is 6.72. The fraction of sp³-hybridized carbons (Fsp3) is 0.0345. The van der Waals surface area contributed by atoms with Gasteiger partial charge < -0.3 is 10.1 Å². The lowest BCUT2D eigenvalue weighted by Crippen LogP contribution is -2.32. The molecule has 0 radical (unpaired) electrons. The monoisotopic (exact) mass is 665 g/mol. The molecule has 0 spiro atoms. The van der Waals surface area contributed by atoms with Crippen molar-refractivity contribution in [3.63, 3.8) is 0 Å². The summed E-state index contributed by atoms with van der Waals surface area (Å²) in [5.74, 6) is -1.37. The van der Waals surface area contributed by atoms with E-state index in [1.807, 2.05) is 30.5 Å². The maximum absolute atomic E-state index is 13.0. The number of rotatable bonds is 8. The normalized spacial score (nSPS) is 11.3. The number of halogens is 2. The third-order valence-corrected chi connectivity index (χ3v) is 7.08. The fourth-order valence-corrected chi connectivity index (χ4v) is 5.38. The highest BCUT2D eigenvalue weighted by molar-refractivity contribution is 9.11. The molecule has 0 bridgehead atoms. The average Bonchev–Trinajstić information content (AvgIpc) is 3.43. The molecule has 0 saturated heterocycles. The van der Waals surface area contributed by atoms with Gasteiger partial charge in [0, 0.05) is 20.5 Å². The molecule has 1 aromatic heterocycles. The molecule has 0 fully saturated rings. The predicted molar refractivity (Wildman–Crippen MR) is 160 cm³/mol. The highest BCUT2D eigenvalue weighted by Crippen LogP contribution is 2.32. The van der Waals surface area contributed by atoms with Gasteiger partial charge in [-0.3, -0.25) is 9.59 Å². The number of thiophene rings is 1. The summed E-state index contributed by atoms with van der Waals surface area (Å²) in [7, 11) is 0. The van der Waals surface area contributed by atoms with E-state index < -0.39 is 17.8 Å². The molecule has 0 atom stereocenters. The van der Waals surface area contributed by atoms with Crippen molar-refractivity contribution in [1.29, 1.82) is 0 Å². The number of nitrogens with one attached hydrogen (secondary N) is 2. The van der Waals surface area contributed by atoms with Crippen molar-refractivity contribution in [3.05, 3.63) is 126 Å². The molecule has 39 heavy (non-hydrogen) atoms. The first-order valence-corrected chi connectivity index (χ1v) is 14.0. The van der Waals surface area contributed by atoms with E-state index in [2.05, 4.69) is 47.7 Å². The molecule has 0 saturated carbocycles. The average molecular weight is 667 g/mol. The zero-order valence-corrected chi connectivity index (χ0v) is 24.5. The van der Waals surface area contributed by atoms with Crippen molar-refractivity contribution in [3.8, 4) is 5.75 Å². The minimum Gasteiger partial charge on any atom is -0.421 e. The van der Waals surface area contributed by atoms with Crippen molar-refractivity contribution >= 4 is 73.3 Å². The second kappa shape index (κ2) is 13.3. The van der Waals surface area contributed by atoms with Gasteiger partial charge in [0.25, 0.3) is 11.8 Å². The summed E-state index contributed by atoms with van der Waals surface area (Å²) < 4.78 is 6.88. The Morgan fingerprint density at radius 3 is 2.41 bits per heavy atom. The number of benzene rings is 3. The van der Waals surface area contributed by atoms with Crippen LogP contribution in [0.1, 0.15) is 36.7 Å². The Morgan fingerprint density at radius 2 is 1.69 bits per heavy atom. The maximum Gasteiger partial charge on any atom is 0.343 e. The third-order valence-electron chi connectivity index (χ3n) is 5.21. The van der Waals surface area contributed by atoms with Crippen molar-refractivity contribution in [2.45, 2.75) is 6.92 Å². The molecule has 4 rings (SSSR count). The summed E-state index contributed by atoms with van der Waals surface area (Å²) in [6, 6.07) is 22.7. The fourth-order valence-electron chi connectivity index (χ4n) is 3.39. The van der Waals surface area contributed by atoms with E-state index in [0.717, 1.165) is 10.4 Å². The van der Waals surface area contributed by atoms with Crippen LogP contribution < -0.4 is 15.5 Å². The molecule has 7 nitrogen and oxygen atoms in total. The van der Waals surface area contributed by atoms with E-state index in [-0.39, 0.29) is 11.4 Å². The van der Waals surface area contributed by atoms with Crippen molar-refractivity contribution in [1.82, 2.24) is 10.7 Å². The highest BCUT2D eigenvalue weighted by Gasteiger charge is 2.17. The van der Waals surface area contributed by atoms with E-state index in [9.17, 15) is 14.4 Å². The lowest BCUT2D eigenvalue weighted by atomic mass is 10.1. The first-order chi connectivity index (χ1) is 18.8. The SMILES string of the molecule is Cc1cccc(C(=O)Oc2c(Br)cc(Br)cc2C=NNC(=O)C(=Cc2cccs2)NC(=O)c2ccccc2)c1. The number of hydrogen-bond acceptors (Lipinski definition) is 6. The number of hydrogen-bond donors (Lipinski definition) is 2. The Bertz CT molecular complexity index is 1570. The number of ether oxygens (including phenoxy) is 1. The first kappa shape index (κ1) is 28.2. The quantitative estimate of drug-likeness (QED) is 0.0717. The number of carbonyl (C=O) groups excluding carboxylic acids is 3. The van der Waals surface area contributed by atoms with E-state index in [0.29, 0.717) is 25.6 Å². The maximum atomic E-state index is 13.0. The molecule has 196 valence electrons. The Labute approximate surface area is 245 Å². The zero-order chi connectivity index (χ0) is 27.8. The molecule has 2 N–H and O–H groups in total. The molecule has 0 aliphatic rings. The summed E-state index contributed by atoms with van der Waals surface area (Å²) in [4.78, 5) is 39.3. The van der Waals surface area contributed by atoms with Crippen LogP contribution in [0.25, 0.3) is 6.08 Å². The van der Waals surface area contributed by atoms with Crippen LogP contribution in [-0.2, 0) is 4.79 Å². The van der Waals surface area contributed by atoms with Crippen molar-refractivity contribution in [2.24, 2.45) is 5.10 Å². The van der Waals surface area contributed by atoms with Gasteiger partial charge in [-0.1, -0.05) is 57.9 Å². The topological polar surface area (TPSA) is 96.9 Å². The number of carbonyl (C=O) groups is 3. The van der Waals surface area contributed by atoms with Gasteiger partial charge in [0.15, 0.2) is 5.75 Å². The number of esters is 1. The second-order valence-electron chi connectivity index (χ2n) is 8.16. The van der Waals surface area contributed by atoms with Crippen LogP contribution in [0.2, 0.25) is 0 Å². The van der Waals surface area contributed by atoms with Crippen LogP contribution in [0.3, 0.4) is 0 Å². The number of nitrogens with zero attached hydrogens (tertiary/aromatic N) is 1. The summed E-state index contributed by atoms with van der Waals surface area (Å²) in [5, 5.41) is 8.58. The number of hydrazone groups is 1. The van der Waals surface area contributed by atoms with E-state index in [4.69, 9.17) is 4.74 Å². The van der Waals surface area contributed by atoms with Crippen LogP contribution in [0.4, 0.5) is 0 Å². The van der Waals surface area contributed by atoms with Crippen LogP contribution in [0.5, 0.6) is 5.75 Å². The minimum atomic E-state index is -0.628. The molecular weight excluding hydrogens is 646 g/mol. The van der Waals surface area contributed by atoms with Crippen molar-refractivity contribution in [2.75, 3.05) is 0 Å².